The monoisotopic (exact) mass is 320 g/mol. The number of hydrogen-bond acceptors (Lipinski definition) is 0. The van der Waals surface area contributed by atoms with Gasteiger partial charge in [-0.1, -0.05) is 15.9 Å². The smallest absolute Gasteiger partial charge is 0.205 e. The first-order valence-electron chi connectivity index (χ1n) is 3.04. The van der Waals surface area contributed by atoms with Gasteiger partial charge in [-0.2, -0.15) is 13.2 Å². The van der Waals surface area contributed by atoms with Gasteiger partial charge in [0.2, 0.25) is 0 Å². The van der Waals surface area contributed by atoms with Crippen LogP contribution in [0.5, 0.6) is 0 Å². The van der Waals surface area contributed by atoms with E-state index in [4.69, 9.17) is 0 Å². The molecule has 1 aromatic carbocycles. The minimum absolute atomic E-state index is 0.174. The molecule has 0 unspecified atom stereocenters. The zero-order valence-corrected chi connectivity index (χ0v) is 9.09. The van der Waals surface area contributed by atoms with Crippen molar-refractivity contribution in [2.24, 2.45) is 0 Å². The van der Waals surface area contributed by atoms with Crippen molar-refractivity contribution >= 4 is 31.9 Å². The fourth-order valence-corrected chi connectivity index (χ4v) is 1.99. The van der Waals surface area contributed by atoms with E-state index in [9.17, 15) is 17.6 Å². The van der Waals surface area contributed by atoms with Crippen molar-refractivity contribution in [3.05, 3.63) is 32.5 Å². The van der Waals surface area contributed by atoms with E-state index in [2.05, 4.69) is 31.9 Å². The molecule has 0 radical (unpaired) electrons. The Bertz CT molecular complexity index is 332. The fourth-order valence-electron chi connectivity index (χ4n) is 0.762. The summed E-state index contributed by atoms with van der Waals surface area (Å²) in [6.45, 7) is 0. The first-order chi connectivity index (χ1) is 5.82. The van der Waals surface area contributed by atoms with Gasteiger partial charge in [0.15, 0.2) is 0 Å². The molecule has 0 aliphatic carbocycles. The van der Waals surface area contributed by atoms with Gasteiger partial charge in [0.05, 0.1) is 10.0 Å². The molecule has 6 heteroatoms. The van der Waals surface area contributed by atoms with E-state index in [1.807, 2.05) is 0 Å². The topological polar surface area (TPSA) is 0 Å². The lowest BCUT2D eigenvalue weighted by molar-refractivity contribution is -0.140. The van der Waals surface area contributed by atoms with Gasteiger partial charge in [0, 0.05) is 4.47 Å². The van der Waals surface area contributed by atoms with Gasteiger partial charge in [-0.05, 0) is 28.1 Å². The Balaban J connectivity index is 3.37. The molecule has 0 N–H and O–H groups in total. The summed E-state index contributed by atoms with van der Waals surface area (Å²) in [5, 5.41) is 0. The van der Waals surface area contributed by atoms with E-state index in [-0.39, 0.29) is 8.95 Å². The Hall–Kier alpha value is -0.100. The molecule has 0 aliphatic rings. The number of alkyl halides is 3. The van der Waals surface area contributed by atoms with Crippen LogP contribution < -0.4 is 0 Å². The number of halogens is 6. The average Bonchev–Trinajstić information content (AvgIpc) is 1.94. The van der Waals surface area contributed by atoms with Crippen molar-refractivity contribution in [3.8, 4) is 0 Å². The summed E-state index contributed by atoms with van der Waals surface area (Å²) in [4.78, 5) is 0. The van der Waals surface area contributed by atoms with E-state index in [1.54, 1.807) is 0 Å². The predicted molar refractivity (Wildman–Crippen MR) is 46.8 cm³/mol. The minimum atomic E-state index is -4.67. The second kappa shape index (κ2) is 3.57. The lowest BCUT2D eigenvalue weighted by atomic mass is 10.2. The molecule has 0 bridgehead atoms. The molecule has 0 saturated carbocycles. The van der Waals surface area contributed by atoms with Crippen molar-refractivity contribution in [3.63, 3.8) is 0 Å². The standard InChI is InChI=1S/C7H2Br2F4/c8-3-1-4(7(11,12)13)6(10)5(9)2-3/h1-2H. The summed E-state index contributed by atoms with van der Waals surface area (Å²) in [7, 11) is 0. The molecule has 0 aliphatic heterocycles. The zero-order chi connectivity index (χ0) is 10.2. The quantitative estimate of drug-likeness (QED) is 0.491. The molecule has 0 spiro atoms. The SMILES string of the molecule is Fc1c(Br)cc(Br)cc1C(F)(F)F. The lowest BCUT2D eigenvalue weighted by Crippen LogP contribution is -2.08. The maximum atomic E-state index is 12.9. The van der Waals surface area contributed by atoms with Crippen molar-refractivity contribution in [2.45, 2.75) is 6.18 Å². The second-order valence-electron chi connectivity index (χ2n) is 2.25. The summed E-state index contributed by atoms with van der Waals surface area (Å²) < 4.78 is 49.2. The molecule has 0 amide bonds. The highest BCUT2D eigenvalue weighted by Crippen LogP contribution is 2.36. The molecule has 1 rings (SSSR count). The van der Waals surface area contributed by atoms with Crippen molar-refractivity contribution in [1.82, 2.24) is 0 Å². The van der Waals surface area contributed by atoms with Gasteiger partial charge in [-0.15, -0.1) is 0 Å². The first kappa shape index (κ1) is 11.0. The molecule has 0 fully saturated rings. The highest BCUT2D eigenvalue weighted by atomic mass is 79.9. The molecular formula is C7H2Br2F4. The Morgan fingerprint density at radius 2 is 1.62 bits per heavy atom. The van der Waals surface area contributed by atoms with E-state index < -0.39 is 17.6 Å². The predicted octanol–water partition coefficient (Wildman–Crippen LogP) is 4.37. The van der Waals surface area contributed by atoms with Crippen LogP contribution in [-0.2, 0) is 6.18 Å². The summed E-state index contributed by atoms with van der Waals surface area (Å²) in [6.07, 6.45) is -4.67. The fraction of sp³-hybridized carbons (Fsp3) is 0.143. The maximum absolute atomic E-state index is 12.9. The summed E-state index contributed by atoms with van der Waals surface area (Å²) in [6, 6.07) is 1.91. The van der Waals surface area contributed by atoms with Crippen LogP contribution in [0, 0.1) is 5.82 Å². The van der Waals surface area contributed by atoms with Gasteiger partial charge in [-0.25, -0.2) is 4.39 Å². The van der Waals surface area contributed by atoms with Gasteiger partial charge in [0.1, 0.15) is 5.82 Å². The highest BCUT2D eigenvalue weighted by molar-refractivity contribution is 9.11. The summed E-state index contributed by atoms with van der Waals surface area (Å²) in [5.41, 5.74) is -1.28. The molecule has 0 nitrogen and oxygen atoms in total. The Labute approximate surface area is 88.2 Å². The van der Waals surface area contributed by atoms with E-state index in [0.717, 1.165) is 0 Å². The van der Waals surface area contributed by atoms with E-state index in [1.165, 1.54) is 6.07 Å². The average molecular weight is 322 g/mol. The summed E-state index contributed by atoms with van der Waals surface area (Å²) in [5.74, 6) is -1.30. The Morgan fingerprint density at radius 1 is 1.08 bits per heavy atom. The molecule has 0 saturated heterocycles. The van der Waals surface area contributed by atoms with Gasteiger partial charge >= 0.3 is 6.18 Å². The molecule has 0 heterocycles. The normalized spacial score (nSPS) is 11.8. The molecule has 0 aromatic heterocycles. The van der Waals surface area contributed by atoms with E-state index >= 15 is 0 Å². The maximum Gasteiger partial charge on any atom is 0.419 e. The largest absolute Gasteiger partial charge is 0.419 e. The number of rotatable bonds is 0. The molecular weight excluding hydrogens is 320 g/mol. The van der Waals surface area contributed by atoms with Crippen molar-refractivity contribution in [1.29, 1.82) is 0 Å². The van der Waals surface area contributed by atoms with Crippen LogP contribution in [0.25, 0.3) is 0 Å². The van der Waals surface area contributed by atoms with Crippen LogP contribution in [0.3, 0.4) is 0 Å². The first-order valence-corrected chi connectivity index (χ1v) is 4.62. The van der Waals surface area contributed by atoms with Gasteiger partial charge in [-0.3, -0.25) is 0 Å². The summed E-state index contributed by atoms with van der Waals surface area (Å²) >= 11 is 5.53. The third kappa shape index (κ3) is 2.43. The number of hydrogen-bond donors (Lipinski definition) is 0. The Morgan fingerprint density at radius 3 is 2.08 bits per heavy atom. The van der Waals surface area contributed by atoms with Crippen molar-refractivity contribution < 1.29 is 17.6 Å². The molecule has 13 heavy (non-hydrogen) atoms. The Kier molecular flexibility index (Phi) is 3.01. The lowest BCUT2D eigenvalue weighted by Gasteiger charge is -2.09. The van der Waals surface area contributed by atoms with Crippen LogP contribution in [0.1, 0.15) is 5.56 Å². The van der Waals surface area contributed by atoms with E-state index in [0.29, 0.717) is 6.07 Å². The molecule has 72 valence electrons. The third-order valence-electron chi connectivity index (χ3n) is 1.30. The second-order valence-corrected chi connectivity index (χ2v) is 4.02. The van der Waals surface area contributed by atoms with Crippen LogP contribution in [0.2, 0.25) is 0 Å². The van der Waals surface area contributed by atoms with Crippen LogP contribution >= 0.6 is 31.9 Å². The number of benzene rings is 1. The van der Waals surface area contributed by atoms with Gasteiger partial charge < -0.3 is 0 Å². The minimum Gasteiger partial charge on any atom is -0.205 e. The van der Waals surface area contributed by atoms with Crippen molar-refractivity contribution in [2.75, 3.05) is 0 Å². The van der Waals surface area contributed by atoms with Crippen LogP contribution in [0.15, 0.2) is 21.1 Å². The molecule has 0 atom stereocenters. The molecule has 1 aromatic rings. The van der Waals surface area contributed by atoms with Gasteiger partial charge in [0.25, 0.3) is 0 Å². The third-order valence-corrected chi connectivity index (χ3v) is 2.33. The highest BCUT2D eigenvalue weighted by Gasteiger charge is 2.35. The zero-order valence-electron chi connectivity index (χ0n) is 5.92. The van der Waals surface area contributed by atoms with Crippen LogP contribution in [-0.4, -0.2) is 0 Å². The van der Waals surface area contributed by atoms with Crippen LogP contribution in [0.4, 0.5) is 17.6 Å².